The summed E-state index contributed by atoms with van der Waals surface area (Å²) in [6.07, 6.45) is 0. The molecule has 0 aliphatic heterocycles. The van der Waals surface area contributed by atoms with Crippen LogP contribution in [0.4, 0.5) is 5.69 Å². The Kier molecular flexibility index (Phi) is 4.21. The van der Waals surface area contributed by atoms with Crippen molar-refractivity contribution >= 4 is 27.0 Å². The Morgan fingerprint density at radius 2 is 2.05 bits per heavy atom. The van der Waals surface area contributed by atoms with Crippen molar-refractivity contribution in [3.63, 3.8) is 0 Å². The number of hydrogen-bond donors (Lipinski definition) is 2. The van der Waals surface area contributed by atoms with Gasteiger partial charge in [0.15, 0.2) is 4.21 Å². The molecule has 0 amide bonds. The maximum Gasteiger partial charge on any atom is 0.305 e. The molecule has 10 heteroatoms. The number of thiazole rings is 1. The molecule has 2 aromatic rings. The fourth-order valence-corrected chi connectivity index (χ4v) is 4.07. The zero-order chi connectivity index (χ0) is 15.6. The van der Waals surface area contributed by atoms with Crippen LogP contribution in [-0.2, 0) is 16.6 Å². The molecule has 0 aliphatic rings. The summed E-state index contributed by atoms with van der Waals surface area (Å²) in [5.41, 5.74) is 0.311. The monoisotopic (exact) mass is 329 g/mol. The lowest BCUT2D eigenvalue weighted by atomic mass is 10.2. The minimum absolute atomic E-state index is 0.119. The van der Waals surface area contributed by atoms with Crippen LogP contribution in [0.15, 0.2) is 33.3 Å². The van der Waals surface area contributed by atoms with Crippen LogP contribution in [0.5, 0.6) is 0 Å². The Bertz CT molecular complexity index is 838. The van der Waals surface area contributed by atoms with E-state index >= 15 is 0 Å². The third-order valence-corrected chi connectivity index (χ3v) is 5.67. The zero-order valence-corrected chi connectivity index (χ0v) is 12.5. The van der Waals surface area contributed by atoms with Gasteiger partial charge in [-0.05, 0) is 6.92 Å². The van der Waals surface area contributed by atoms with Gasteiger partial charge in [0.1, 0.15) is 0 Å². The molecule has 2 N–H and O–H groups in total. The van der Waals surface area contributed by atoms with E-state index in [4.69, 9.17) is 0 Å². The number of para-hydroxylation sites is 1. The Labute approximate surface area is 123 Å². The fraction of sp³-hybridized carbons (Fsp3) is 0.182. The Balaban J connectivity index is 2.26. The number of aromatic nitrogens is 1. The van der Waals surface area contributed by atoms with E-state index in [2.05, 4.69) is 9.71 Å². The number of aryl methyl sites for hydroxylation is 1. The minimum atomic E-state index is -3.90. The molecule has 0 spiro atoms. The van der Waals surface area contributed by atoms with E-state index in [-0.39, 0.29) is 27.7 Å². The van der Waals surface area contributed by atoms with Gasteiger partial charge in [-0.3, -0.25) is 14.9 Å². The van der Waals surface area contributed by atoms with Crippen LogP contribution in [0, 0.1) is 17.0 Å². The molecule has 0 fully saturated rings. The third-order valence-electron chi connectivity index (χ3n) is 2.67. The molecule has 8 nitrogen and oxygen atoms in total. The maximum atomic E-state index is 12.1. The van der Waals surface area contributed by atoms with Crippen LogP contribution < -0.4 is 9.60 Å². The standard InChI is InChI=1S/C11H11N3O5S2/c1-7-10(20-11(15)13-7)21(18,19)12-6-8-4-2-3-5-9(8)14(16)17/h2-5,12H,6H2,1H3,(H,13,15). The number of nitro groups is 1. The van der Waals surface area contributed by atoms with Gasteiger partial charge in [-0.2, -0.15) is 0 Å². The first kappa shape index (κ1) is 15.4. The van der Waals surface area contributed by atoms with Crippen LogP contribution in [-0.4, -0.2) is 18.3 Å². The lowest BCUT2D eigenvalue weighted by molar-refractivity contribution is -0.385. The summed E-state index contributed by atoms with van der Waals surface area (Å²) in [5, 5.41) is 10.9. The number of hydrogen-bond acceptors (Lipinski definition) is 6. The molecule has 0 radical (unpaired) electrons. The number of nitrogens with one attached hydrogen (secondary N) is 2. The lowest BCUT2D eigenvalue weighted by Crippen LogP contribution is -2.23. The molecule has 0 unspecified atom stereocenters. The van der Waals surface area contributed by atoms with Crippen molar-refractivity contribution in [3.05, 3.63) is 55.3 Å². The predicted molar refractivity (Wildman–Crippen MR) is 76.8 cm³/mol. The normalized spacial score (nSPS) is 11.5. The summed E-state index contributed by atoms with van der Waals surface area (Å²) in [5.74, 6) is 0. The van der Waals surface area contributed by atoms with Crippen LogP contribution in [0.25, 0.3) is 0 Å². The van der Waals surface area contributed by atoms with Crippen molar-refractivity contribution in [2.24, 2.45) is 0 Å². The van der Waals surface area contributed by atoms with Gasteiger partial charge in [0.05, 0.1) is 4.92 Å². The second kappa shape index (κ2) is 5.76. The van der Waals surface area contributed by atoms with Crippen molar-refractivity contribution in [2.75, 3.05) is 0 Å². The summed E-state index contributed by atoms with van der Waals surface area (Å²) < 4.78 is 26.3. The van der Waals surface area contributed by atoms with E-state index in [1.165, 1.54) is 25.1 Å². The first-order valence-electron chi connectivity index (χ1n) is 5.73. The molecule has 0 aliphatic carbocycles. The van der Waals surface area contributed by atoms with Gasteiger partial charge in [0.2, 0.25) is 0 Å². The summed E-state index contributed by atoms with van der Waals surface area (Å²) in [4.78, 5) is 23.3. The largest absolute Gasteiger partial charge is 0.315 e. The van der Waals surface area contributed by atoms with Gasteiger partial charge >= 0.3 is 4.87 Å². The van der Waals surface area contributed by atoms with Crippen molar-refractivity contribution in [1.29, 1.82) is 0 Å². The molecule has 0 atom stereocenters. The average Bonchev–Trinajstić information content (AvgIpc) is 2.76. The van der Waals surface area contributed by atoms with Gasteiger partial charge in [0, 0.05) is 23.9 Å². The summed E-state index contributed by atoms with van der Waals surface area (Å²) in [7, 11) is -3.90. The molecule has 1 heterocycles. The summed E-state index contributed by atoms with van der Waals surface area (Å²) in [6, 6.07) is 5.84. The zero-order valence-electron chi connectivity index (χ0n) is 10.8. The first-order valence-corrected chi connectivity index (χ1v) is 8.03. The molecule has 0 bridgehead atoms. The van der Waals surface area contributed by atoms with Crippen molar-refractivity contribution < 1.29 is 13.3 Å². The second-order valence-electron chi connectivity index (χ2n) is 4.14. The van der Waals surface area contributed by atoms with Gasteiger partial charge in [-0.15, -0.1) is 0 Å². The second-order valence-corrected chi connectivity index (χ2v) is 7.08. The highest BCUT2D eigenvalue weighted by atomic mass is 32.2. The number of sulfonamides is 1. The van der Waals surface area contributed by atoms with Crippen LogP contribution in [0.2, 0.25) is 0 Å². The fourth-order valence-electron chi connectivity index (χ4n) is 1.72. The third kappa shape index (κ3) is 3.35. The molecule has 0 saturated carbocycles. The summed E-state index contributed by atoms with van der Waals surface area (Å²) >= 11 is 0.571. The number of rotatable bonds is 5. The molecule has 1 aromatic heterocycles. The van der Waals surface area contributed by atoms with E-state index in [0.29, 0.717) is 11.3 Å². The van der Waals surface area contributed by atoms with E-state index in [9.17, 15) is 23.3 Å². The van der Waals surface area contributed by atoms with Crippen LogP contribution in [0.1, 0.15) is 11.3 Å². The Hall–Kier alpha value is -2.04. The number of nitrogens with zero attached hydrogens (tertiary/aromatic N) is 1. The lowest BCUT2D eigenvalue weighted by Gasteiger charge is -2.06. The quantitative estimate of drug-likeness (QED) is 0.629. The summed E-state index contributed by atoms with van der Waals surface area (Å²) in [6.45, 7) is 1.24. The molecule has 112 valence electrons. The van der Waals surface area contributed by atoms with Crippen molar-refractivity contribution in [3.8, 4) is 0 Å². The SMILES string of the molecule is Cc1[nH]c(=O)sc1S(=O)(=O)NCc1ccccc1[N+](=O)[O-]. The Morgan fingerprint density at radius 1 is 1.38 bits per heavy atom. The highest BCUT2D eigenvalue weighted by Gasteiger charge is 2.22. The van der Waals surface area contributed by atoms with Crippen LogP contribution >= 0.6 is 11.3 Å². The first-order chi connectivity index (χ1) is 9.81. The minimum Gasteiger partial charge on any atom is -0.315 e. The highest BCUT2D eigenvalue weighted by molar-refractivity contribution is 7.91. The Morgan fingerprint density at radius 3 is 2.62 bits per heavy atom. The molecular weight excluding hydrogens is 318 g/mol. The van der Waals surface area contributed by atoms with Gasteiger partial charge in [-0.25, -0.2) is 13.1 Å². The van der Waals surface area contributed by atoms with Crippen molar-refractivity contribution in [1.82, 2.24) is 9.71 Å². The van der Waals surface area contributed by atoms with Crippen LogP contribution in [0.3, 0.4) is 0 Å². The molecule has 21 heavy (non-hydrogen) atoms. The van der Waals surface area contributed by atoms with Gasteiger partial charge in [-0.1, -0.05) is 29.5 Å². The van der Waals surface area contributed by atoms with E-state index in [0.717, 1.165) is 0 Å². The predicted octanol–water partition coefficient (Wildman–Crippen LogP) is 1.13. The van der Waals surface area contributed by atoms with Gasteiger partial charge < -0.3 is 4.98 Å². The number of nitro benzene ring substituents is 1. The van der Waals surface area contributed by atoms with Crippen molar-refractivity contribution in [2.45, 2.75) is 17.7 Å². The smallest absolute Gasteiger partial charge is 0.305 e. The van der Waals surface area contributed by atoms with Gasteiger partial charge in [0.25, 0.3) is 15.7 Å². The number of H-pyrrole nitrogens is 1. The van der Waals surface area contributed by atoms with E-state index in [1.54, 1.807) is 6.07 Å². The van der Waals surface area contributed by atoms with E-state index in [1.807, 2.05) is 0 Å². The molecular formula is C11H11N3O5S2. The van der Waals surface area contributed by atoms with E-state index < -0.39 is 19.8 Å². The highest BCUT2D eigenvalue weighted by Crippen LogP contribution is 2.20. The molecule has 1 aromatic carbocycles. The molecule has 0 saturated heterocycles. The number of aromatic amines is 1. The number of benzene rings is 1. The maximum absolute atomic E-state index is 12.1. The topological polar surface area (TPSA) is 122 Å². The molecule has 2 rings (SSSR count). The average molecular weight is 329 g/mol.